The van der Waals surface area contributed by atoms with Crippen LogP contribution in [0.3, 0.4) is 0 Å². The number of nitrogens with one attached hydrogen (secondary N) is 1. The maximum Gasteiger partial charge on any atom is 0.227 e. The Labute approximate surface area is 126 Å². The maximum absolute atomic E-state index is 11.6. The molecule has 0 radical (unpaired) electrons. The van der Waals surface area contributed by atoms with E-state index in [1.165, 1.54) is 7.11 Å². The quantitative estimate of drug-likeness (QED) is 0.851. The van der Waals surface area contributed by atoms with Gasteiger partial charge in [0.2, 0.25) is 5.91 Å². The van der Waals surface area contributed by atoms with Crippen molar-refractivity contribution < 1.29 is 9.53 Å². The summed E-state index contributed by atoms with van der Waals surface area (Å²) in [5.41, 5.74) is 6.12. The molecule has 1 amide bonds. The molecule has 0 aliphatic rings. The summed E-state index contributed by atoms with van der Waals surface area (Å²) in [6, 6.07) is 5.18. The third-order valence-corrected chi connectivity index (χ3v) is 3.43. The molecule has 0 spiro atoms. The van der Waals surface area contributed by atoms with Crippen molar-refractivity contribution in [1.29, 1.82) is 0 Å². The average molecular weight is 358 g/mol. The number of nitrogens with two attached hydrogens (primary N) is 1. The molecule has 0 aliphatic heterocycles. The van der Waals surface area contributed by atoms with E-state index in [2.05, 4.69) is 21.2 Å². The molecule has 0 aliphatic carbocycles. The molecule has 1 rings (SSSR count). The molecule has 0 fully saturated rings. The number of carbonyl (C=O) groups excluding carboxylic acids is 1. The van der Waals surface area contributed by atoms with E-state index in [9.17, 15) is 4.79 Å². The Hall–Kier alpha value is -0.330. The number of methoxy groups -OCH3 is 1. The molecule has 0 aromatic heterocycles. The molecule has 4 nitrogen and oxygen atoms in total. The number of halogens is 3. The fraction of sp³-hybridized carbons (Fsp3) is 0.364. The first kappa shape index (κ1) is 17.7. The van der Waals surface area contributed by atoms with Gasteiger partial charge < -0.3 is 15.8 Å². The summed E-state index contributed by atoms with van der Waals surface area (Å²) in [5, 5.41) is 3.34. The van der Waals surface area contributed by atoms with E-state index >= 15 is 0 Å². The molecule has 1 atom stereocenters. The van der Waals surface area contributed by atoms with Crippen molar-refractivity contribution in [2.24, 2.45) is 5.73 Å². The van der Waals surface area contributed by atoms with Crippen molar-refractivity contribution in [2.45, 2.75) is 12.5 Å². The van der Waals surface area contributed by atoms with Gasteiger partial charge in [-0.25, -0.2) is 0 Å². The number of carbonyl (C=O) groups is 1. The van der Waals surface area contributed by atoms with Crippen molar-refractivity contribution in [1.82, 2.24) is 0 Å². The zero-order chi connectivity index (χ0) is 12.8. The van der Waals surface area contributed by atoms with Crippen LogP contribution in [0.25, 0.3) is 0 Å². The second-order valence-electron chi connectivity index (χ2n) is 3.47. The number of amides is 1. The summed E-state index contributed by atoms with van der Waals surface area (Å²) in [7, 11) is 1.53. The van der Waals surface area contributed by atoms with Crippen molar-refractivity contribution >= 4 is 51.5 Å². The van der Waals surface area contributed by atoms with Gasteiger partial charge in [-0.05, 0) is 34.1 Å². The third-order valence-electron chi connectivity index (χ3n) is 2.21. The first-order valence-corrected chi connectivity index (χ1v) is 6.21. The number of anilines is 1. The highest BCUT2D eigenvalue weighted by atomic mass is 79.9. The first-order valence-electron chi connectivity index (χ1n) is 5.04. The van der Waals surface area contributed by atoms with E-state index in [4.69, 9.17) is 22.1 Å². The molecule has 102 valence electrons. The van der Waals surface area contributed by atoms with E-state index < -0.39 is 0 Å². The number of hydrogen-bond acceptors (Lipinski definition) is 3. The molecule has 18 heavy (non-hydrogen) atoms. The number of benzene rings is 1. The fourth-order valence-corrected chi connectivity index (χ4v) is 1.75. The standard InChI is InChI=1S/C11H14BrClN2O2.ClH/c1-17-8(6-14)5-11(16)15-7-2-3-10(13)9(12)4-7;/h2-4,8H,5-6,14H2,1H3,(H,15,16);1H. The lowest BCUT2D eigenvalue weighted by Crippen LogP contribution is -2.28. The van der Waals surface area contributed by atoms with E-state index in [-0.39, 0.29) is 30.8 Å². The predicted octanol–water partition coefficient (Wildman–Crippen LogP) is 2.83. The molecule has 0 saturated heterocycles. The van der Waals surface area contributed by atoms with Crippen LogP contribution in [0.5, 0.6) is 0 Å². The summed E-state index contributed by atoms with van der Waals surface area (Å²) < 4.78 is 5.77. The maximum atomic E-state index is 11.6. The molecular weight excluding hydrogens is 343 g/mol. The number of rotatable bonds is 5. The summed E-state index contributed by atoms with van der Waals surface area (Å²) in [6.07, 6.45) is -0.0292. The second kappa shape index (κ2) is 8.72. The Bertz CT molecular complexity index is 401. The van der Waals surface area contributed by atoms with Crippen LogP contribution in [0.1, 0.15) is 6.42 Å². The number of ether oxygens (including phenoxy) is 1. The van der Waals surface area contributed by atoms with Crippen LogP contribution in [0, 0.1) is 0 Å². The Morgan fingerprint density at radius 2 is 2.28 bits per heavy atom. The minimum Gasteiger partial charge on any atom is -0.380 e. The molecule has 3 N–H and O–H groups in total. The Morgan fingerprint density at radius 1 is 1.61 bits per heavy atom. The van der Waals surface area contributed by atoms with Crippen LogP contribution in [-0.4, -0.2) is 25.7 Å². The van der Waals surface area contributed by atoms with Gasteiger partial charge in [-0.1, -0.05) is 11.6 Å². The molecule has 0 heterocycles. The van der Waals surface area contributed by atoms with Crippen LogP contribution in [0.2, 0.25) is 5.02 Å². The van der Waals surface area contributed by atoms with Gasteiger partial charge in [-0.2, -0.15) is 0 Å². The van der Waals surface area contributed by atoms with Crippen molar-refractivity contribution in [3.8, 4) is 0 Å². The molecule has 1 aromatic carbocycles. The lowest BCUT2D eigenvalue weighted by molar-refractivity contribution is -0.118. The highest BCUT2D eigenvalue weighted by molar-refractivity contribution is 9.10. The van der Waals surface area contributed by atoms with Crippen molar-refractivity contribution in [3.63, 3.8) is 0 Å². The summed E-state index contributed by atoms with van der Waals surface area (Å²) in [5.74, 6) is -0.142. The molecule has 7 heteroatoms. The van der Waals surface area contributed by atoms with Gasteiger partial charge in [0, 0.05) is 23.8 Å². The highest BCUT2D eigenvalue weighted by Gasteiger charge is 2.11. The van der Waals surface area contributed by atoms with Gasteiger partial charge >= 0.3 is 0 Å². The highest BCUT2D eigenvalue weighted by Crippen LogP contribution is 2.25. The first-order chi connectivity index (χ1) is 8.06. The van der Waals surface area contributed by atoms with Gasteiger partial charge in [0.15, 0.2) is 0 Å². The van der Waals surface area contributed by atoms with E-state index in [0.29, 0.717) is 17.3 Å². The molecular formula is C11H15BrCl2N2O2. The minimum atomic E-state index is -0.259. The summed E-state index contributed by atoms with van der Waals surface area (Å²) in [4.78, 5) is 11.6. The van der Waals surface area contributed by atoms with Gasteiger partial charge in [-0.3, -0.25) is 4.79 Å². The lowest BCUT2D eigenvalue weighted by atomic mass is 10.2. The monoisotopic (exact) mass is 356 g/mol. The van der Waals surface area contributed by atoms with Crippen LogP contribution in [0.15, 0.2) is 22.7 Å². The molecule has 1 unspecified atom stereocenters. The smallest absolute Gasteiger partial charge is 0.227 e. The fourth-order valence-electron chi connectivity index (χ4n) is 1.26. The normalized spacial score (nSPS) is 11.6. The van der Waals surface area contributed by atoms with Crippen molar-refractivity contribution in [2.75, 3.05) is 19.0 Å². The largest absolute Gasteiger partial charge is 0.380 e. The van der Waals surface area contributed by atoms with Crippen LogP contribution in [0.4, 0.5) is 5.69 Å². The van der Waals surface area contributed by atoms with Crippen LogP contribution in [-0.2, 0) is 9.53 Å². The zero-order valence-electron chi connectivity index (χ0n) is 9.78. The summed E-state index contributed by atoms with van der Waals surface area (Å²) in [6.45, 7) is 0.314. The van der Waals surface area contributed by atoms with Gasteiger partial charge in [0.05, 0.1) is 17.5 Å². The average Bonchev–Trinajstić information content (AvgIpc) is 2.31. The lowest BCUT2D eigenvalue weighted by Gasteiger charge is -2.12. The Kier molecular flexibility index (Phi) is 8.56. The minimum absolute atomic E-state index is 0. The zero-order valence-corrected chi connectivity index (χ0v) is 12.9. The number of hydrogen-bond donors (Lipinski definition) is 2. The van der Waals surface area contributed by atoms with Crippen LogP contribution < -0.4 is 11.1 Å². The molecule has 0 bridgehead atoms. The predicted molar refractivity (Wildman–Crippen MR) is 79.5 cm³/mol. The third kappa shape index (κ3) is 5.54. The van der Waals surface area contributed by atoms with E-state index in [0.717, 1.165) is 4.47 Å². The Balaban J connectivity index is 0.00000289. The van der Waals surface area contributed by atoms with Gasteiger partial charge in [0.25, 0.3) is 0 Å². The molecule has 0 saturated carbocycles. The van der Waals surface area contributed by atoms with E-state index in [1.807, 2.05) is 0 Å². The molecule has 1 aromatic rings. The topological polar surface area (TPSA) is 64.3 Å². The second-order valence-corrected chi connectivity index (χ2v) is 4.74. The Morgan fingerprint density at radius 3 is 2.78 bits per heavy atom. The SMILES string of the molecule is COC(CN)CC(=O)Nc1ccc(Cl)c(Br)c1.Cl. The van der Waals surface area contributed by atoms with Gasteiger partial charge in [0.1, 0.15) is 0 Å². The van der Waals surface area contributed by atoms with Crippen molar-refractivity contribution in [3.05, 3.63) is 27.7 Å². The van der Waals surface area contributed by atoms with E-state index in [1.54, 1.807) is 18.2 Å². The van der Waals surface area contributed by atoms with Gasteiger partial charge in [-0.15, -0.1) is 12.4 Å². The van der Waals surface area contributed by atoms with Crippen LogP contribution >= 0.6 is 39.9 Å². The summed E-state index contributed by atoms with van der Waals surface area (Å²) >= 11 is 9.14.